The summed E-state index contributed by atoms with van der Waals surface area (Å²) in [6.45, 7) is 0. The van der Waals surface area contributed by atoms with Gasteiger partial charge in [-0.05, 0) is 36.2 Å². The van der Waals surface area contributed by atoms with Gasteiger partial charge in [0.05, 0.1) is 5.69 Å². The normalized spacial score (nSPS) is 24.1. The van der Waals surface area contributed by atoms with Crippen molar-refractivity contribution in [2.45, 2.75) is 24.2 Å². The first-order valence-corrected chi connectivity index (χ1v) is 8.74. The van der Waals surface area contributed by atoms with Gasteiger partial charge in [-0.1, -0.05) is 29.8 Å². The fourth-order valence-electron chi connectivity index (χ4n) is 4.18. The fourth-order valence-corrected chi connectivity index (χ4v) is 4.36. The van der Waals surface area contributed by atoms with E-state index in [9.17, 15) is 18.0 Å². The van der Waals surface area contributed by atoms with E-state index in [4.69, 9.17) is 11.6 Å². The molecule has 1 aromatic heterocycles. The summed E-state index contributed by atoms with van der Waals surface area (Å²) >= 11 is 6.11. The summed E-state index contributed by atoms with van der Waals surface area (Å²) in [7, 11) is 0. The van der Waals surface area contributed by atoms with Crippen LogP contribution in [0.15, 0.2) is 42.5 Å². The second kappa shape index (κ2) is 5.27. The topological polar surface area (TPSA) is 56.9 Å². The van der Waals surface area contributed by atoms with E-state index >= 15 is 0 Å². The minimum Gasteiger partial charge on any atom is -0.356 e. The Labute approximate surface area is 156 Å². The van der Waals surface area contributed by atoms with Crippen LogP contribution in [0.2, 0.25) is 5.02 Å². The van der Waals surface area contributed by atoms with Crippen molar-refractivity contribution in [2.75, 3.05) is 5.32 Å². The number of hydrogen-bond donors (Lipinski definition) is 3. The molecule has 2 aliphatic rings. The highest BCUT2D eigenvalue weighted by atomic mass is 35.5. The van der Waals surface area contributed by atoms with E-state index in [1.807, 2.05) is 0 Å². The van der Waals surface area contributed by atoms with E-state index in [-0.39, 0.29) is 6.42 Å². The van der Waals surface area contributed by atoms with E-state index < -0.39 is 23.7 Å². The molecule has 8 heteroatoms. The summed E-state index contributed by atoms with van der Waals surface area (Å²) in [4.78, 5) is 16.2. The van der Waals surface area contributed by atoms with Gasteiger partial charge in [-0.2, -0.15) is 13.2 Å². The SMILES string of the molecule is O=C1Nc2ccc(Cl)cc2[C@@]12N[C@@H](C(F)(F)F)Cc1c2[nH]c2ccccc12. The summed E-state index contributed by atoms with van der Waals surface area (Å²) in [6.07, 6.45) is -4.77. The van der Waals surface area contributed by atoms with Crippen LogP contribution in [-0.2, 0) is 16.8 Å². The summed E-state index contributed by atoms with van der Waals surface area (Å²) in [5.74, 6) is -0.554. The highest BCUT2D eigenvalue weighted by Gasteiger charge is 2.58. The van der Waals surface area contributed by atoms with Crippen LogP contribution in [0.3, 0.4) is 0 Å². The van der Waals surface area contributed by atoms with Crippen molar-refractivity contribution in [2.24, 2.45) is 0 Å². The Kier molecular flexibility index (Phi) is 3.25. The molecule has 2 aromatic carbocycles. The lowest BCUT2D eigenvalue weighted by atomic mass is 9.79. The molecule has 3 N–H and O–H groups in total. The standard InChI is InChI=1S/C19H13ClF3N3O/c20-9-5-6-14-12(7-9)18(17(27)25-14)16-11(8-15(26-18)19(21,22)23)10-3-1-2-4-13(10)24-16/h1-7,15,24,26H,8H2,(H,25,27)/t15-,18+/m1/s1. The highest BCUT2D eigenvalue weighted by molar-refractivity contribution is 6.31. The number of anilines is 1. The third kappa shape index (κ3) is 2.18. The van der Waals surface area contributed by atoms with Gasteiger partial charge in [0, 0.05) is 27.2 Å². The number of fused-ring (bicyclic) bond motifs is 6. The number of aromatic nitrogens is 1. The molecule has 2 aliphatic heterocycles. The van der Waals surface area contributed by atoms with Crippen LogP contribution in [0.5, 0.6) is 0 Å². The molecule has 3 aromatic rings. The predicted octanol–water partition coefficient (Wildman–Crippen LogP) is 4.09. The van der Waals surface area contributed by atoms with Crippen LogP contribution in [-0.4, -0.2) is 23.1 Å². The number of benzene rings is 2. The minimum atomic E-state index is -4.51. The molecule has 0 aliphatic carbocycles. The molecule has 0 radical (unpaired) electrons. The number of hydrogen-bond acceptors (Lipinski definition) is 2. The van der Waals surface area contributed by atoms with E-state index in [2.05, 4.69) is 15.6 Å². The maximum atomic E-state index is 13.7. The third-order valence-electron chi connectivity index (χ3n) is 5.36. The van der Waals surface area contributed by atoms with Gasteiger partial charge >= 0.3 is 6.18 Å². The summed E-state index contributed by atoms with van der Waals surface area (Å²) < 4.78 is 41.2. The lowest BCUT2D eigenvalue weighted by Crippen LogP contribution is -2.61. The molecule has 0 unspecified atom stereocenters. The summed E-state index contributed by atoms with van der Waals surface area (Å²) in [6, 6.07) is 9.99. The fraction of sp³-hybridized carbons (Fsp3) is 0.211. The molecule has 2 atom stereocenters. The number of carbonyl (C=O) groups is 1. The largest absolute Gasteiger partial charge is 0.404 e. The average Bonchev–Trinajstić information content (AvgIpc) is 3.12. The van der Waals surface area contributed by atoms with Crippen molar-refractivity contribution in [3.8, 4) is 0 Å². The number of carbonyl (C=O) groups excluding carboxylic acids is 1. The van der Waals surface area contributed by atoms with Gasteiger partial charge in [-0.15, -0.1) is 0 Å². The summed E-state index contributed by atoms with van der Waals surface area (Å²) in [5.41, 5.74) is 0.783. The van der Waals surface area contributed by atoms with Gasteiger partial charge in [0.15, 0.2) is 5.54 Å². The van der Waals surface area contributed by atoms with Crippen molar-refractivity contribution >= 4 is 34.1 Å². The van der Waals surface area contributed by atoms with Gasteiger partial charge < -0.3 is 10.3 Å². The molecule has 0 saturated heterocycles. The Bertz CT molecular complexity index is 1110. The second-order valence-electron chi connectivity index (χ2n) is 6.86. The van der Waals surface area contributed by atoms with E-state index in [1.165, 1.54) is 6.07 Å². The second-order valence-corrected chi connectivity index (χ2v) is 7.30. The quantitative estimate of drug-likeness (QED) is 0.540. The number of alkyl halides is 3. The number of nitrogens with one attached hydrogen (secondary N) is 3. The highest BCUT2D eigenvalue weighted by Crippen LogP contribution is 2.48. The first-order chi connectivity index (χ1) is 12.8. The monoisotopic (exact) mass is 391 g/mol. The lowest BCUT2D eigenvalue weighted by Gasteiger charge is -2.39. The Balaban J connectivity index is 1.86. The Morgan fingerprint density at radius 1 is 1.15 bits per heavy atom. The van der Waals surface area contributed by atoms with E-state index in [0.717, 1.165) is 0 Å². The van der Waals surface area contributed by atoms with Gasteiger partial charge in [0.1, 0.15) is 6.04 Å². The molecule has 1 spiro atoms. The Morgan fingerprint density at radius 2 is 1.93 bits per heavy atom. The number of rotatable bonds is 0. The number of H-pyrrole nitrogens is 1. The van der Waals surface area contributed by atoms with Crippen LogP contribution in [0, 0.1) is 0 Å². The van der Waals surface area contributed by atoms with Gasteiger partial charge in [0.2, 0.25) is 0 Å². The minimum absolute atomic E-state index is 0.256. The maximum absolute atomic E-state index is 13.7. The Hall–Kier alpha value is -2.51. The van der Waals surface area contributed by atoms with Crippen LogP contribution in [0.4, 0.5) is 18.9 Å². The number of amides is 1. The van der Waals surface area contributed by atoms with Crippen LogP contribution in [0.1, 0.15) is 16.8 Å². The van der Waals surface area contributed by atoms with Crippen LogP contribution in [0.25, 0.3) is 10.9 Å². The predicted molar refractivity (Wildman–Crippen MR) is 95.8 cm³/mol. The van der Waals surface area contributed by atoms with Gasteiger partial charge in [-0.3, -0.25) is 10.1 Å². The molecule has 4 nitrogen and oxygen atoms in total. The molecule has 5 rings (SSSR count). The average molecular weight is 392 g/mol. The molecule has 138 valence electrons. The van der Waals surface area contributed by atoms with Gasteiger partial charge in [0.25, 0.3) is 5.91 Å². The molecule has 0 saturated carbocycles. The first-order valence-electron chi connectivity index (χ1n) is 8.36. The smallest absolute Gasteiger partial charge is 0.356 e. The van der Waals surface area contributed by atoms with Crippen molar-refractivity contribution in [1.29, 1.82) is 0 Å². The van der Waals surface area contributed by atoms with Gasteiger partial charge in [-0.25, -0.2) is 0 Å². The molecule has 3 heterocycles. The molecular formula is C19H13ClF3N3O. The molecule has 1 amide bonds. The first kappa shape index (κ1) is 16.6. The molecular weight excluding hydrogens is 379 g/mol. The lowest BCUT2D eigenvalue weighted by molar-refractivity contribution is -0.162. The van der Waals surface area contributed by atoms with Crippen molar-refractivity contribution < 1.29 is 18.0 Å². The van der Waals surface area contributed by atoms with Crippen molar-refractivity contribution in [1.82, 2.24) is 10.3 Å². The number of para-hydroxylation sites is 1. The summed E-state index contributed by atoms with van der Waals surface area (Å²) in [5, 5.41) is 6.32. The molecule has 0 fully saturated rings. The zero-order valence-corrected chi connectivity index (χ0v) is 14.5. The third-order valence-corrected chi connectivity index (χ3v) is 5.59. The molecule has 27 heavy (non-hydrogen) atoms. The number of aromatic amines is 1. The maximum Gasteiger partial charge on any atom is 0.404 e. The van der Waals surface area contributed by atoms with Crippen molar-refractivity contribution in [3.63, 3.8) is 0 Å². The van der Waals surface area contributed by atoms with Crippen molar-refractivity contribution in [3.05, 3.63) is 64.3 Å². The van der Waals surface area contributed by atoms with E-state index in [1.54, 1.807) is 36.4 Å². The Morgan fingerprint density at radius 3 is 2.70 bits per heavy atom. The zero-order valence-electron chi connectivity index (χ0n) is 13.7. The van der Waals surface area contributed by atoms with Crippen LogP contribution >= 0.6 is 11.6 Å². The van der Waals surface area contributed by atoms with E-state index in [0.29, 0.717) is 38.4 Å². The number of halogens is 4. The zero-order chi connectivity index (χ0) is 19.0. The van der Waals surface area contributed by atoms with Crippen LogP contribution < -0.4 is 10.6 Å². The molecule has 0 bridgehead atoms.